The maximum Gasteiger partial charge on any atom is 0.335 e. The number of hydrogen-bond donors (Lipinski definition) is 2. The van der Waals surface area contributed by atoms with Crippen LogP contribution in [0.5, 0.6) is 0 Å². The van der Waals surface area contributed by atoms with Gasteiger partial charge in [0.15, 0.2) is 5.79 Å². The fraction of sp³-hybridized carbons (Fsp3) is 0.390. The van der Waals surface area contributed by atoms with Crippen LogP contribution in [0.2, 0.25) is 0 Å². The summed E-state index contributed by atoms with van der Waals surface area (Å²) in [5, 5.41) is 12.4. The van der Waals surface area contributed by atoms with Gasteiger partial charge in [0.25, 0.3) is 5.91 Å². The molecule has 1 saturated heterocycles. The average molecular weight is 699 g/mol. The topological polar surface area (TPSA) is 116 Å². The van der Waals surface area contributed by atoms with Crippen molar-refractivity contribution in [1.29, 1.82) is 0 Å². The highest BCUT2D eigenvalue weighted by molar-refractivity contribution is 6.12. The van der Waals surface area contributed by atoms with Gasteiger partial charge in [-0.2, -0.15) is 0 Å². The Balaban J connectivity index is 1.58. The van der Waals surface area contributed by atoms with Crippen LogP contribution in [-0.4, -0.2) is 52.1 Å². The molecule has 270 valence electrons. The molecular formula is C41H47FN2O7. The molecule has 1 aliphatic heterocycles. The van der Waals surface area contributed by atoms with E-state index in [-0.39, 0.29) is 47.6 Å². The molecule has 0 saturated carbocycles. The Hall–Kier alpha value is -4.80. The molecule has 9 nitrogen and oxygen atoms in total. The minimum absolute atomic E-state index is 0.110. The van der Waals surface area contributed by atoms with E-state index < -0.39 is 17.9 Å². The van der Waals surface area contributed by atoms with E-state index in [0.29, 0.717) is 42.8 Å². The van der Waals surface area contributed by atoms with E-state index in [4.69, 9.17) is 14.2 Å². The second-order valence-corrected chi connectivity index (χ2v) is 14.2. The number of aromatic nitrogens is 1. The summed E-state index contributed by atoms with van der Waals surface area (Å²) in [5.41, 5.74) is 4.82. The first-order valence-electron chi connectivity index (χ1n) is 17.5. The van der Waals surface area contributed by atoms with E-state index in [0.717, 1.165) is 22.5 Å². The third-order valence-electron chi connectivity index (χ3n) is 8.72. The normalized spacial score (nSPS) is 17.0. The van der Waals surface area contributed by atoms with Crippen LogP contribution in [0.4, 0.5) is 10.1 Å². The quantitative estimate of drug-likeness (QED) is 0.134. The number of hydrogen-bond acceptors (Lipinski definition) is 6. The summed E-state index contributed by atoms with van der Waals surface area (Å²) in [6.07, 6.45) is 0.477. The molecule has 2 N–H and O–H groups in total. The molecule has 0 spiro atoms. The van der Waals surface area contributed by atoms with Crippen molar-refractivity contribution in [2.45, 2.75) is 91.3 Å². The van der Waals surface area contributed by atoms with Crippen molar-refractivity contribution in [3.63, 3.8) is 0 Å². The Bertz CT molecular complexity index is 1830. The van der Waals surface area contributed by atoms with Crippen LogP contribution >= 0.6 is 0 Å². The predicted molar refractivity (Wildman–Crippen MR) is 194 cm³/mol. The van der Waals surface area contributed by atoms with Gasteiger partial charge in [0, 0.05) is 29.9 Å². The average Bonchev–Trinajstić information content (AvgIpc) is 3.42. The zero-order valence-electron chi connectivity index (χ0n) is 30.1. The molecule has 1 aromatic heterocycles. The lowest BCUT2D eigenvalue weighted by Gasteiger charge is -2.40. The van der Waals surface area contributed by atoms with Gasteiger partial charge in [-0.15, -0.1) is 0 Å². The summed E-state index contributed by atoms with van der Waals surface area (Å²) in [6.45, 7) is 12.5. The number of carboxylic acid groups (broad SMARTS) is 1. The van der Waals surface area contributed by atoms with Crippen molar-refractivity contribution in [3.8, 4) is 22.4 Å². The van der Waals surface area contributed by atoms with E-state index in [1.165, 1.54) is 24.3 Å². The Labute approximate surface area is 298 Å². The number of ether oxygens (including phenoxy) is 3. The fourth-order valence-corrected chi connectivity index (χ4v) is 6.68. The largest absolute Gasteiger partial charge is 0.478 e. The minimum Gasteiger partial charge on any atom is -0.478 e. The van der Waals surface area contributed by atoms with Crippen molar-refractivity contribution in [3.05, 3.63) is 102 Å². The standard InChI is InChI=1S/C41H47FN2O7/c1-25(2)24-49-34(45)23-33-22-32(50-41(5,6)51-33)20-21-44-37(26(3)4)36(39(46)43-31-18-14-29(15-19-31)40(47)48)35(27-10-8-7-9-11-27)38(44)28-12-16-30(42)17-13-28/h7-19,25-26,32-33H,20-24H2,1-6H3,(H,43,46)(H,47,48)/t32-,33-/m1/s1. The number of esters is 1. The van der Waals surface area contributed by atoms with Gasteiger partial charge in [-0.1, -0.05) is 58.0 Å². The molecule has 1 amide bonds. The van der Waals surface area contributed by atoms with Crippen molar-refractivity contribution in [2.75, 3.05) is 11.9 Å². The first-order valence-corrected chi connectivity index (χ1v) is 17.5. The van der Waals surface area contributed by atoms with E-state index in [1.807, 2.05) is 71.9 Å². The van der Waals surface area contributed by atoms with E-state index in [1.54, 1.807) is 24.3 Å². The number of nitrogens with one attached hydrogen (secondary N) is 1. The van der Waals surface area contributed by atoms with Gasteiger partial charge < -0.3 is 29.2 Å². The molecule has 10 heteroatoms. The number of carboxylic acids is 1. The van der Waals surface area contributed by atoms with Gasteiger partial charge in [0.1, 0.15) is 5.82 Å². The first-order chi connectivity index (χ1) is 24.2. The SMILES string of the molecule is CC(C)COC(=O)C[C@H]1C[C@@H](CCn2c(-c3ccc(F)cc3)c(-c3ccccc3)c(C(=O)Nc3ccc(C(=O)O)cc3)c2C(C)C)OC(C)(C)O1. The molecule has 2 atom stereocenters. The van der Waals surface area contributed by atoms with Gasteiger partial charge in [-0.05, 0) is 91.8 Å². The van der Waals surface area contributed by atoms with Crippen molar-refractivity contribution < 1.29 is 38.1 Å². The van der Waals surface area contributed by atoms with Crippen molar-refractivity contribution in [2.24, 2.45) is 5.92 Å². The minimum atomic E-state index is -1.06. The number of benzene rings is 3. The number of rotatable bonds is 13. The van der Waals surface area contributed by atoms with Gasteiger partial charge in [-0.25, -0.2) is 9.18 Å². The van der Waals surface area contributed by atoms with Crippen LogP contribution in [0.25, 0.3) is 22.4 Å². The summed E-state index contributed by atoms with van der Waals surface area (Å²) < 4.78 is 34.4. The summed E-state index contributed by atoms with van der Waals surface area (Å²) in [7, 11) is 0. The van der Waals surface area contributed by atoms with Crippen LogP contribution in [0.15, 0.2) is 78.9 Å². The monoisotopic (exact) mass is 698 g/mol. The summed E-state index contributed by atoms with van der Waals surface area (Å²) in [4.78, 5) is 38.5. The second-order valence-electron chi connectivity index (χ2n) is 14.2. The number of amides is 1. The number of anilines is 1. The lowest BCUT2D eigenvalue weighted by atomic mass is 9.94. The number of carbonyl (C=O) groups excluding carboxylic acids is 2. The third-order valence-corrected chi connectivity index (χ3v) is 8.72. The highest BCUT2D eigenvalue weighted by atomic mass is 19.1. The molecule has 0 radical (unpaired) electrons. The van der Waals surface area contributed by atoms with E-state index >= 15 is 0 Å². The van der Waals surface area contributed by atoms with Gasteiger partial charge in [0.2, 0.25) is 0 Å². The third kappa shape index (κ3) is 9.31. The zero-order chi connectivity index (χ0) is 36.9. The Kier molecular flexibility index (Phi) is 11.8. The Morgan fingerprint density at radius 1 is 0.922 bits per heavy atom. The van der Waals surface area contributed by atoms with Crippen LogP contribution in [0.1, 0.15) is 93.1 Å². The van der Waals surface area contributed by atoms with Crippen LogP contribution in [0.3, 0.4) is 0 Å². The second kappa shape index (κ2) is 16.0. The number of halogens is 1. The van der Waals surface area contributed by atoms with Gasteiger partial charge >= 0.3 is 11.9 Å². The number of carbonyl (C=O) groups is 3. The highest BCUT2D eigenvalue weighted by Gasteiger charge is 2.37. The molecule has 3 aromatic carbocycles. The molecule has 4 aromatic rings. The number of aromatic carboxylic acids is 1. The van der Waals surface area contributed by atoms with Crippen LogP contribution in [-0.2, 0) is 25.5 Å². The Morgan fingerprint density at radius 3 is 2.18 bits per heavy atom. The highest BCUT2D eigenvalue weighted by Crippen LogP contribution is 2.43. The van der Waals surface area contributed by atoms with Gasteiger partial charge in [0.05, 0.1) is 42.1 Å². The lowest BCUT2D eigenvalue weighted by molar-refractivity contribution is -0.300. The van der Waals surface area contributed by atoms with E-state index in [9.17, 15) is 23.9 Å². The molecule has 5 rings (SSSR count). The summed E-state index contributed by atoms with van der Waals surface area (Å²) in [6, 6.07) is 21.9. The molecule has 1 aliphatic rings. The molecule has 0 aliphatic carbocycles. The Morgan fingerprint density at radius 2 is 1.57 bits per heavy atom. The zero-order valence-corrected chi connectivity index (χ0v) is 30.1. The number of nitrogens with zero attached hydrogens (tertiary/aromatic N) is 1. The predicted octanol–water partition coefficient (Wildman–Crippen LogP) is 8.92. The summed E-state index contributed by atoms with van der Waals surface area (Å²) in [5.74, 6) is -2.92. The van der Waals surface area contributed by atoms with Gasteiger partial charge in [-0.3, -0.25) is 9.59 Å². The molecule has 0 unspecified atom stereocenters. The molecular weight excluding hydrogens is 651 g/mol. The summed E-state index contributed by atoms with van der Waals surface area (Å²) >= 11 is 0. The lowest BCUT2D eigenvalue weighted by Crippen LogP contribution is -2.45. The van der Waals surface area contributed by atoms with Crippen LogP contribution in [0, 0.1) is 11.7 Å². The maximum atomic E-state index is 14.4. The molecule has 51 heavy (non-hydrogen) atoms. The van der Waals surface area contributed by atoms with Crippen LogP contribution < -0.4 is 5.32 Å². The van der Waals surface area contributed by atoms with Crippen molar-refractivity contribution >= 4 is 23.5 Å². The molecule has 0 bridgehead atoms. The first kappa shape index (κ1) is 37.5. The van der Waals surface area contributed by atoms with E-state index in [2.05, 4.69) is 9.88 Å². The maximum absolute atomic E-state index is 14.4. The molecule has 2 heterocycles. The van der Waals surface area contributed by atoms with Crippen molar-refractivity contribution in [1.82, 2.24) is 4.57 Å². The smallest absolute Gasteiger partial charge is 0.335 e. The fourth-order valence-electron chi connectivity index (χ4n) is 6.68. The molecule has 1 fully saturated rings.